The van der Waals surface area contributed by atoms with Gasteiger partial charge in [-0.3, -0.25) is 4.79 Å². The van der Waals surface area contributed by atoms with Crippen molar-refractivity contribution >= 4 is 5.91 Å². The summed E-state index contributed by atoms with van der Waals surface area (Å²) in [6.45, 7) is 1.94. The zero-order valence-corrected chi connectivity index (χ0v) is 15.5. The number of ether oxygens (including phenoxy) is 1. The second-order valence-corrected chi connectivity index (χ2v) is 7.69. The topological polar surface area (TPSA) is 29.5 Å². The molecule has 1 aromatic carbocycles. The first-order chi connectivity index (χ1) is 12.2. The molecule has 0 saturated carbocycles. The van der Waals surface area contributed by atoms with Gasteiger partial charge in [0.25, 0.3) is 0 Å². The minimum atomic E-state index is 0.364. The number of unbranched alkanes of at least 4 members (excludes halogenated alkanes) is 1. The smallest absolute Gasteiger partial charge is 0.222 e. The number of methoxy groups -OCH3 is 1. The SMILES string of the molecule is COc1ccc(CCCCC(=O)N2CCCC3(CC=CCC3)C2)cc1. The minimum absolute atomic E-state index is 0.364. The van der Waals surface area contributed by atoms with E-state index in [1.807, 2.05) is 12.1 Å². The lowest BCUT2D eigenvalue weighted by atomic mass is 9.71. The number of benzene rings is 1. The zero-order chi connectivity index (χ0) is 17.5. The van der Waals surface area contributed by atoms with Gasteiger partial charge in [-0.15, -0.1) is 0 Å². The fourth-order valence-electron chi connectivity index (χ4n) is 4.29. The van der Waals surface area contributed by atoms with E-state index >= 15 is 0 Å². The van der Waals surface area contributed by atoms with Crippen LogP contribution in [0.1, 0.15) is 56.9 Å². The summed E-state index contributed by atoms with van der Waals surface area (Å²) >= 11 is 0. The van der Waals surface area contributed by atoms with Crippen molar-refractivity contribution in [1.29, 1.82) is 0 Å². The minimum Gasteiger partial charge on any atom is -0.497 e. The Morgan fingerprint density at radius 3 is 2.72 bits per heavy atom. The Balaban J connectivity index is 1.40. The molecule has 1 aliphatic carbocycles. The molecule has 1 aliphatic heterocycles. The van der Waals surface area contributed by atoms with Crippen LogP contribution in [0.4, 0.5) is 0 Å². The Labute approximate surface area is 152 Å². The Bertz CT molecular complexity index is 593. The molecule has 3 heteroatoms. The van der Waals surface area contributed by atoms with E-state index in [0.717, 1.165) is 44.5 Å². The molecule has 3 rings (SSSR count). The van der Waals surface area contributed by atoms with Gasteiger partial charge in [0.2, 0.25) is 5.91 Å². The van der Waals surface area contributed by atoms with E-state index in [9.17, 15) is 4.79 Å². The maximum atomic E-state index is 12.6. The van der Waals surface area contributed by atoms with Gasteiger partial charge in [0.15, 0.2) is 0 Å². The molecule has 0 radical (unpaired) electrons. The van der Waals surface area contributed by atoms with Crippen molar-refractivity contribution in [3.05, 3.63) is 42.0 Å². The summed E-state index contributed by atoms with van der Waals surface area (Å²) in [4.78, 5) is 14.8. The molecule has 1 fully saturated rings. The van der Waals surface area contributed by atoms with Crippen LogP contribution >= 0.6 is 0 Å². The number of amides is 1. The van der Waals surface area contributed by atoms with E-state index in [2.05, 4.69) is 29.2 Å². The Kier molecular flexibility index (Phi) is 6.17. The number of rotatable bonds is 6. The summed E-state index contributed by atoms with van der Waals surface area (Å²) in [5.41, 5.74) is 1.70. The Hall–Kier alpha value is -1.77. The molecular weight excluding hydrogens is 310 g/mol. The van der Waals surface area contributed by atoms with E-state index in [1.54, 1.807) is 7.11 Å². The average molecular weight is 341 g/mol. The standard InChI is InChI=1S/C22H31NO2/c1-25-20-12-10-19(11-13-20)8-3-4-9-21(24)23-17-7-16-22(18-23)14-5-2-6-15-22/h2,5,10-13H,3-4,6-9,14-18H2,1H3. The van der Waals surface area contributed by atoms with E-state index in [4.69, 9.17) is 4.74 Å². The number of likely N-dealkylation sites (tertiary alicyclic amines) is 1. The molecule has 25 heavy (non-hydrogen) atoms. The van der Waals surface area contributed by atoms with Crippen LogP contribution in [0.3, 0.4) is 0 Å². The third-order valence-corrected chi connectivity index (χ3v) is 5.84. The average Bonchev–Trinajstić information content (AvgIpc) is 2.66. The molecule has 2 aliphatic rings. The van der Waals surface area contributed by atoms with Crippen molar-refractivity contribution in [3.8, 4) is 5.75 Å². The second kappa shape index (κ2) is 8.55. The molecule has 0 N–H and O–H groups in total. The van der Waals surface area contributed by atoms with Crippen LogP contribution in [-0.2, 0) is 11.2 Å². The van der Waals surface area contributed by atoms with Crippen LogP contribution in [0.25, 0.3) is 0 Å². The monoisotopic (exact) mass is 341 g/mol. The molecular formula is C22H31NO2. The summed E-state index contributed by atoms with van der Waals surface area (Å²) in [7, 11) is 1.69. The largest absolute Gasteiger partial charge is 0.497 e. The van der Waals surface area contributed by atoms with Gasteiger partial charge < -0.3 is 9.64 Å². The summed E-state index contributed by atoms with van der Waals surface area (Å²) in [5, 5.41) is 0. The van der Waals surface area contributed by atoms with E-state index in [1.165, 1.54) is 31.2 Å². The van der Waals surface area contributed by atoms with Gasteiger partial charge in [-0.2, -0.15) is 0 Å². The van der Waals surface area contributed by atoms with Crippen LogP contribution in [0.5, 0.6) is 5.75 Å². The highest BCUT2D eigenvalue weighted by atomic mass is 16.5. The van der Waals surface area contributed by atoms with Gasteiger partial charge in [-0.25, -0.2) is 0 Å². The number of piperidine rings is 1. The molecule has 3 nitrogen and oxygen atoms in total. The van der Waals surface area contributed by atoms with Crippen molar-refractivity contribution in [2.24, 2.45) is 5.41 Å². The highest BCUT2D eigenvalue weighted by molar-refractivity contribution is 5.76. The van der Waals surface area contributed by atoms with E-state index in [-0.39, 0.29) is 0 Å². The zero-order valence-electron chi connectivity index (χ0n) is 15.5. The number of nitrogens with zero attached hydrogens (tertiary/aromatic N) is 1. The molecule has 1 unspecified atom stereocenters. The van der Waals surface area contributed by atoms with Crippen LogP contribution in [0.15, 0.2) is 36.4 Å². The highest BCUT2D eigenvalue weighted by Gasteiger charge is 2.36. The summed E-state index contributed by atoms with van der Waals surface area (Å²) in [5.74, 6) is 1.26. The van der Waals surface area contributed by atoms with Crippen molar-refractivity contribution < 1.29 is 9.53 Å². The molecule has 1 amide bonds. The van der Waals surface area contributed by atoms with Crippen LogP contribution in [0, 0.1) is 5.41 Å². The van der Waals surface area contributed by atoms with Crippen molar-refractivity contribution in [2.75, 3.05) is 20.2 Å². The van der Waals surface area contributed by atoms with Gasteiger partial charge in [0, 0.05) is 19.5 Å². The molecule has 0 aromatic heterocycles. The molecule has 1 aromatic rings. The number of hydrogen-bond acceptors (Lipinski definition) is 2. The second-order valence-electron chi connectivity index (χ2n) is 7.69. The quantitative estimate of drug-likeness (QED) is 0.552. The van der Waals surface area contributed by atoms with Gasteiger partial charge in [-0.1, -0.05) is 24.3 Å². The van der Waals surface area contributed by atoms with Gasteiger partial charge in [0.1, 0.15) is 5.75 Å². The number of carbonyl (C=O) groups is 1. The normalized spacial score (nSPS) is 23.0. The van der Waals surface area contributed by atoms with Crippen molar-refractivity contribution in [1.82, 2.24) is 4.90 Å². The summed E-state index contributed by atoms with van der Waals surface area (Å²) < 4.78 is 5.19. The summed E-state index contributed by atoms with van der Waals surface area (Å²) in [6.07, 6.45) is 14.5. The maximum absolute atomic E-state index is 12.6. The lowest BCUT2D eigenvalue weighted by molar-refractivity contribution is -0.135. The van der Waals surface area contributed by atoms with Crippen LogP contribution < -0.4 is 4.74 Å². The molecule has 1 spiro atoms. The first-order valence-electron chi connectivity index (χ1n) is 9.77. The number of allylic oxidation sites excluding steroid dienone is 2. The number of aryl methyl sites for hydroxylation is 1. The predicted octanol–water partition coefficient (Wildman–Crippen LogP) is 4.76. The molecule has 1 heterocycles. The fourth-order valence-corrected chi connectivity index (χ4v) is 4.29. The fraction of sp³-hybridized carbons (Fsp3) is 0.591. The van der Waals surface area contributed by atoms with Crippen molar-refractivity contribution in [2.45, 2.75) is 57.8 Å². The Morgan fingerprint density at radius 1 is 1.16 bits per heavy atom. The van der Waals surface area contributed by atoms with Crippen LogP contribution in [0.2, 0.25) is 0 Å². The predicted molar refractivity (Wildman–Crippen MR) is 102 cm³/mol. The third-order valence-electron chi connectivity index (χ3n) is 5.84. The van der Waals surface area contributed by atoms with Crippen LogP contribution in [-0.4, -0.2) is 31.0 Å². The van der Waals surface area contributed by atoms with E-state index in [0.29, 0.717) is 17.7 Å². The first kappa shape index (κ1) is 18.0. The summed E-state index contributed by atoms with van der Waals surface area (Å²) in [6, 6.07) is 8.25. The molecule has 1 saturated heterocycles. The Morgan fingerprint density at radius 2 is 2.00 bits per heavy atom. The van der Waals surface area contributed by atoms with Gasteiger partial charge in [0.05, 0.1) is 7.11 Å². The first-order valence-corrected chi connectivity index (χ1v) is 9.77. The lowest BCUT2D eigenvalue weighted by Gasteiger charge is -2.44. The molecule has 1 atom stereocenters. The highest BCUT2D eigenvalue weighted by Crippen LogP contribution is 2.40. The van der Waals surface area contributed by atoms with Gasteiger partial charge >= 0.3 is 0 Å². The molecule has 0 bridgehead atoms. The van der Waals surface area contributed by atoms with Gasteiger partial charge in [-0.05, 0) is 74.5 Å². The number of hydrogen-bond donors (Lipinski definition) is 0. The lowest BCUT2D eigenvalue weighted by Crippen LogP contribution is -2.46. The maximum Gasteiger partial charge on any atom is 0.222 e. The molecule has 136 valence electrons. The third kappa shape index (κ3) is 4.87. The van der Waals surface area contributed by atoms with Crippen molar-refractivity contribution in [3.63, 3.8) is 0 Å². The van der Waals surface area contributed by atoms with E-state index < -0.39 is 0 Å². The number of carbonyl (C=O) groups excluding carboxylic acids is 1.